The van der Waals surface area contributed by atoms with Crippen molar-refractivity contribution in [1.82, 2.24) is 4.98 Å². The van der Waals surface area contributed by atoms with Crippen molar-refractivity contribution in [3.8, 4) is 17.2 Å². The van der Waals surface area contributed by atoms with Gasteiger partial charge in [-0.25, -0.2) is 9.37 Å². The molecule has 0 bridgehead atoms. The van der Waals surface area contributed by atoms with Crippen molar-refractivity contribution in [3.05, 3.63) is 120 Å². The molecule has 1 aliphatic heterocycles. The van der Waals surface area contributed by atoms with Crippen LogP contribution < -0.4 is 14.4 Å². The Bertz CT molecular complexity index is 1780. The Morgan fingerprint density at radius 2 is 1.65 bits per heavy atom. The van der Waals surface area contributed by atoms with Crippen molar-refractivity contribution < 1.29 is 28.6 Å². The number of anilines is 1. The second kappa shape index (κ2) is 10.3. The number of methoxy groups -OCH3 is 1. The first-order chi connectivity index (χ1) is 19.4. The Kier molecular flexibility index (Phi) is 6.49. The van der Waals surface area contributed by atoms with E-state index in [0.717, 1.165) is 4.70 Å². The van der Waals surface area contributed by atoms with E-state index < -0.39 is 29.3 Å². The van der Waals surface area contributed by atoms with Crippen LogP contribution >= 0.6 is 11.3 Å². The molecule has 0 spiro atoms. The monoisotopic (exact) mass is 552 g/mol. The first kappa shape index (κ1) is 25.3. The van der Waals surface area contributed by atoms with E-state index in [0.29, 0.717) is 28.3 Å². The van der Waals surface area contributed by atoms with E-state index in [4.69, 9.17) is 9.47 Å². The first-order valence-electron chi connectivity index (χ1n) is 12.3. The fraction of sp³-hybridized carbons (Fsp3) is 0.0645. The van der Waals surface area contributed by atoms with Gasteiger partial charge in [0.25, 0.3) is 5.78 Å². The van der Waals surface area contributed by atoms with Crippen LogP contribution in [0.2, 0.25) is 0 Å². The van der Waals surface area contributed by atoms with Gasteiger partial charge in [-0.1, -0.05) is 41.7 Å². The molecule has 1 atom stereocenters. The third kappa shape index (κ3) is 4.56. The summed E-state index contributed by atoms with van der Waals surface area (Å²) in [5.74, 6) is -0.909. The van der Waals surface area contributed by atoms with Gasteiger partial charge in [-0.2, -0.15) is 0 Å². The highest BCUT2D eigenvalue weighted by atomic mass is 32.1. The number of benzene rings is 4. The number of halogens is 1. The molecule has 0 aliphatic carbocycles. The minimum Gasteiger partial charge on any atom is -0.507 e. The molecule has 198 valence electrons. The Balaban J connectivity index is 1.51. The van der Waals surface area contributed by atoms with Gasteiger partial charge in [0.1, 0.15) is 28.8 Å². The Morgan fingerprint density at radius 1 is 0.900 bits per heavy atom. The van der Waals surface area contributed by atoms with Crippen molar-refractivity contribution in [2.24, 2.45) is 0 Å². The van der Waals surface area contributed by atoms with Crippen LogP contribution in [0.3, 0.4) is 0 Å². The zero-order valence-corrected chi connectivity index (χ0v) is 21.9. The maximum atomic E-state index is 13.6. The zero-order valence-electron chi connectivity index (χ0n) is 21.1. The third-order valence-corrected chi connectivity index (χ3v) is 7.52. The molecule has 9 heteroatoms. The highest BCUT2D eigenvalue weighted by molar-refractivity contribution is 7.22. The van der Waals surface area contributed by atoms with E-state index in [1.807, 2.05) is 30.3 Å². The number of carbonyl (C=O) groups excluding carboxylic acids is 2. The lowest BCUT2D eigenvalue weighted by molar-refractivity contribution is -0.132. The Labute approximate surface area is 232 Å². The Morgan fingerprint density at radius 3 is 2.40 bits per heavy atom. The summed E-state index contributed by atoms with van der Waals surface area (Å²) in [5, 5.41) is 11.6. The molecule has 1 aliphatic rings. The van der Waals surface area contributed by atoms with Gasteiger partial charge in [-0.3, -0.25) is 14.5 Å². The van der Waals surface area contributed by atoms with Crippen LogP contribution in [0.4, 0.5) is 9.52 Å². The second-order valence-corrected chi connectivity index (χ2v) is 10.0. The number of hydrogen-bond donors (Lipinski definition) is 1. The number of aromatic nitrogens is 1. The molecular weight excluding hydrogens is 531 g/mol. The minimum absolute atomic E-state index is 0.134. The van der Waals surface area contributed by atoms with E-state index >= 15 is 0 Å². The largest absolute Gasteiger partial charge is 0.507 e. The number of amides is 1. The number of nitrogens with zero attached hydrogens (tertiary/aromatic N) is 2. The first-order valence-corrected chi connectivity index (χ1v) is 13.1. The number of hydrogen-bond acceptors (Lipinski definition) is 7. The fourth-order valence-electron chi connectivity index (χ4n) is 4.60. The number of aliphatic hydroxyl groups is 1. The normalized spacial score (nSPS) is 16.4. The molecule has 1 unspecified atom stereocenters. The van der Waals surface area contributed by atoms with Gasteiger partial charge in [-0.15, -0.1) is 0 Å². The minimum atomic E-state index is -1.02. The average molecular weight is 553 g/mol. The van der Waals surface area contributed by atoms with Crippen molar-refractivity contribution in [2.75, 3.05) is 12.0 Å². The maximum absolute atomic E-state index is 13.6. The SMILES string of the molecule is COc1ccc2nc(N3C(=O)C(=O)/C(=C(/O)c4ccc(F)cc4)C3c3cccc(Oc4ccccc4)c3)sc2c1. The van der Waals surface area contributed by atoms with E-state index in [9.17, 15) is 19.1 Å². The summed E-state index contributed by atoms with van der Waals surface area (Å²) in [4.78, 5) is 33.0. The molecule has 1 saturated heterocycles. The number of aliphatic hydroxyl groups excluding tert-OH is 1. The lowest BCUT2D eigenvalue weighted by Crippen LogP contribution is -2.29. The standard InChI is InChI=1S/C31H21FN2O5S/c1-38-22-14-15-24-25(17-22)40-31(33-24)34-27(19-6-5-9-23(16-19)39-21-7-3-2-4-8-21)26(29(36)30(34)37)28(35)18-10-12-20(32)13-11-18/h2-17,27,35H,1H3/b28-26+. The summed E-state index contributed by atoms with van der Waals surface area (Å²) in [7, 11) is 1.56. The molecule has 7 nitrogen and oxygen atoms in total. The zero-order chi connectivity index (χ0) is 27.8. The highest BCUT2D eigenvalue weighted by Crippen LogP contribution is 2.45. The van der Waals surface area contributed by atoms with Crippen molar-refractivity contribution in [1.29, 1.82) is 0 Å². The van der Waals surface area contributed by atoms with Crippen LogP contribution in [-0.4, -0.2) is 28.9 Å². The smallest absolute Gasteiger partial charge is 0.301 e. The van der Waals surface area contributed by atoms with Gasteiger partial charge in [0, 0.05) is 5.56 Å². The molecule has 0 saturated carbocycles. The van der Waals surface area contributed by atoms with Crippen molar-refractivity contribution in [3.63, 3.8) is 0 Å². The number of carbonyl (C=O) groups is 2. The van der Waals surface area contributed by atoms with Crippen LogP contribution in [-0.2, 0) is 9.59 Å². The molecule has 40 heavy (non-hydrogen) atoms. The number of ketones is 1. The van der Waals surface area contributed by atoms with Crippen LogP contribution in [0.1, 0.15) is 17.2 Å². The molecule has 5 aromatic rings. The van der Waals surface area contributed by atoms with Gasteiger partial charge in [-0.05, 0) is 72.3 Å². The van der Waals surface area contributed by atoms with E-state index in [1.54, 1.807) is 49.6 Å². The predicted molar refractivity (Wildman–Crippen MR) is 150 cm³/mol. The van der Waals surface area contributed by atoms with E-state index in [-0.39, 0.29) is 16.3 Å². The van der Waals surface area contributed by atoms with Crippen LogP contribution in [0.5, 0.6) is 17.2 Å². The average Bonchev–Trinajstić information content (AvgIpc) is 3.51. The molecule has 2 heterocycles. The van der Waals surface area contributed by atoms with Crippen LogP contribution in [0.25, 0.3) is 16.0 Å². The number of para-hydroxylation sites is 1. The molecule has 6 rings (SSSR count). The number of ether oxygens (including phenoxy) is 2. The maximum Gasteiger partial charge on any atom is 0.301 e. The molecule has 1 amide bonds. The number of thiazole rings is 1. The number of Topliss-reactive ketones (excluding diaryl/α,β-unsaturated/α-hetero) is 1. The van der Waals surface area contributed by atoms with Crippen molar-refractivity contribution >= 4 is 44.1 Å². The summed E-state index contributed by atoms with van der Waals surface area (Å²) >= 11 is 1.22. The molecule has 1 aromatic heterocycles. The third-order valence-electron chi connectivity index (χ3n) is 6.51. The molecule has 1 N–H and O–H groups in total. The van der Waals surface area contributed by atoms with Gasteiger partial charge < -0.3 is 14.6 Å². The lowest BCUT2D eigenvalue weighted by atomic mass is 9.95. The topological polar surface area (TPSA) is 89.0 Å². The number of rotatable bonds is 6. The molecule has 1 fully saturated rings. The van der Waals surface area contributed by atoms with Gasteiger partial charge in [0.2, 0.25) is 0 Å². The lowest BCUT2D eigenvalue weighted by Gasteiger charge is -2.23. The van der Waals surface area contributed by atoms with Gasteiger partial charge in [0.05, 0.1) is 28.9 Å². The fourth-order valence-corrected chi connectivity index (χ4v) is 5.62. The summed E-state index contributed by atoms with van der Waals surface area (Å²) in [6, 6.07) is 25.5. The molecular formula is C31H21FN2O5S. The summed E-state index contributed by atoms with van der Waals surface area (Å²) in [5.41, 5.74) is 1.22. The summed E-state index contributed by atoms with van der Waals surface area (Å²) in [6.07, 6.45) is 0. The quantitative estimate of drug-likeness (QED) is 0.141. The molecule has 4 aromatic carbocycles. The number of fused-ring (bicyclic) bond motifs is 1. The van der Waals surface area contributed by atoms with Crippen LogP contribution in [0.15, 0.2) is 103 Å². The summed E-state index contributed by atoms with van der Waals surface area (Å²) in [6.45, 7) is 0. The van der Waals surface area contributed by atoms with E-state index in [1.165, 1.54) is 40.5 Å². The van der Waals surface area contributed by atoms with Gasteiger partial charge in [0.15, 0.2) is 5.13 Å². The molecule has 0 radical (unpaired) electrons. The van der Waals surface area contributed by atoms with E-state index in [2.05, 4.69) is 4.98 Å². The summed E-state index contributed by atoms with van der Waals surface area (Å²) < 4.78 is 25.7. The predicted octanol–water partition coefficient (Wildman–Crippen LogP) is 6.86. The Hall–Kier alpha value is -5.02. The van der Waals surface area contributed by atoms with Crippen molar-refractivity contribution in [2.45, 2.75) is 6.04 Å². The highest BCUT2D eigenvalue weighted by Gasteiger charge is 2.48. The van der Waals surface area contributed by atoms with Gasteiger partial charge >= 0.3 is 5.91 Å². The second-order valence-electron chi connectivity index (χ2n) is 8.99. The van der Waals surface area contributed by atoms with Crippen LogP contribution in [0, 0.1) is 5.82 Å².